The molecule has 1 aromatic heterocycles. The highest BCUT2D eigenvalue weighted by Crippen LogP contribution is 2.27. The molecule has 0 radical (unpaired) electrons. The number of anilines is 1. The molecule has 2 heterocycles. The van der Waals surface area contributed by atoms with Crippen LogP contribution in [0.25, 0.3) is 5.69 Å². The number of nitrogens with zero attached hydrogens (tertiary/aromatic N) is 4. The van der Waals surface area contributed by atoms with E-state index in [0.29, 0.717) is 44.2 Å². The summed E-state index contributed by atoms with van der Waals surface area (Å²) in [5.74, 6) is 0.768. The first-order valence-electron chi connectivity index (χ1n) is 13.9. The lowest BCUT2D eigenvalue weighted by Gasteiger charge is -2.37. The van der Waals surface area contributed by atoms with Gasteiger partial charge < -0.3 is 26.6 Å². The van der Waals surface area contributed by atoms with Crippen LogP contribution in [0.4, 0.5) is 10.6 Å². The number of rotatable bonds is 6. The summed E-state index contributed by atoms with van der Waals surface area (Å²) in [6.45, 7) is 5.97. The normalized spacial score (nSPS) is 22.6. The monoisotopic (exact) mass is 572 g/mol. The van der Waals surface area contributed by atoms with E-state index in [1.54, 1.807) is 35.9 Å². The van der Waals surface area contributed by atoms with Crippen molar-refractivity contribution in [3.63, 3.8) is 0 Å². The second-order valence-electron chi connectivity index (χ2n) is 11.8. The van der Waals surface area contributed by atoms with Crippen molar-refractivity contribution in [2.24, 2.45) is 17.4 Å². The van der Waals surface area contributed by atoms with Gasteiger partial charge in [0.2, 0.25) is 5.91 Å². The van der Waals surface area contributed by atoms with E-state index in [9.17, 15) is 14.4 Å². The number of halogens is 1. The molecule has 3 aliphatic rings. The molecule has 11 nitrogen and oxygen atoms in total. The van der Waals surface area contributed by atoms with Crippen LogP contribution in [0.2, 0.25) is 0 Å². The van der Waals surface area contributed by atoms with E-state index >= 15 is 0 Å². The van der Waals surface area contributed by atoms with Gasteiger partial charge in [0.05, 0.1) is 11.2 Å². The summed E-state index contributed by atoms with van der Waals surface area (Å²) < 4.78 is 1.50. The highest BCUT2D eigenvalue weighted by atomic mass is 35.5. The highest BCUT2D eigenvalue weighted by Gasteiger charge is 2.31. The average molecular weight is 573 g/mol. The molecule has 3 amide bonds. The van der Waals surface area contributed by atoms with Crippen molar-refractivity contribution >= 4 is 30.2 Å². The largest absolute Gasteiger partial charge is 0.354 e. The van der Waals surface area contributed by atoms with Gasteiger partial charge in [0.15, 0.2) is 0 Å². The fourth-order valence-corrected chi connectivity index (χ4v) is 5.73. The summed E-state index contributed by atoms with van der Waals surface area (Å²) in [4.78, 5) is 45.3. The third-order valence-electron chi connectivity index (χ3n) is 8.11. The minimum Gasteiger partial charge on any atom is -0.338 e. The molecule has 1 saturated heterocycles. The molecule has 2 aromatic rings. The Kier molecular flexibility index (Phi) is 9.19. The molecule has 5 rings (SSSR count). The predicted molar refractivity (Wildman–Crippen MR) is 157 cm³/mol. The van der Waals surface area contributed by atoms with Crippen LogP contribution in [-0.2, 0) is 17.6 Å². The first kappa shape index (κ1) is 30.0. The van der Waals surface area contributed by atoms with Crippen molar-refractivity contribution in [3.8, 4) is 5.69 Å². The topological polar surface area (TPSA) is 152 Å². The standard InChI is InChI=1S/C28H40N8O3.ClH/c1-28(2,30)25(37)34-9-11-35(12-10-34)26(38)32-24-7-8-36(27(39)33-24)23-6-4-19-15-22(5-3-20(19)16-23)31-17-18-13-21(29)14-18;/h4,6-8,16,18,21-22,31H,3,5,9-15,17,29-30H2,1-2H3,(H,32,33,38,39);1H. The summed E-state index contributed by atoms with van der Waals surface area (Å²) in [5.41, 5.74) is 13.8. The Morgan fingerprint density at radius 1 is 1.07 bits per heavy atom. The fourth-order valence-electron chi connectivity index (χ4n) is 5.73. The van der Waals surface area contributed by atoms with Crippen LogP contribution in [0, 0.1) is 5.92 Å². The lowest BCUT2D eigenvalue weighted by atomic mass is 9.80. The zero-order chi connectivity index (χ0) is 27.7. The minimum absolute atomic E-state index is 0. The molecule has 1 unspecified atom stereocenters. The van der Waals surface area contributed by atoms with Gasteiger partial charge in [-0.3, -0.25) is 14.7 Å². The number of aryl methyl sites for hydroxylation is 1. The average Bonchev–Trinajstić information content (AvgIpc) is 2.89. The quantitative estimate of drug-likeness (QED) is 0.406. The number of carbonyl (C=O) groups excluding carboxylic acids is 2. The summed E-state index contributed by atoms with van der Waals surface area (Å²) >= 11 is 0. The zero-order valence-electron chi connectivity index (χ0n) is 23.3. The number of amides is 3. The van der Waals surface area contributed by atoms with Crippen LogP contribution in [0.5, 0.6) is 0 Å². The van der Waals surface area contributed by atoms with Crippen molar-refractivity contribution < 1.29 is 9.59 Å². The SMILES string of the molecule is CC(C)(N)C(=O)N1CCN(C(=O)Nc2ccn(-c3ccc4c(c3)CCC(NCC3CC(N)C3)C4)c(=O)n2)CC1.Cl. The van der Waals surface area contributed by atoms with Crippen molar-refractivity contribution in [1.82, 2.24) is 24.7 Å². The number of nitrogens with two attached hydrogens (primary N) is 2. The number of carbonyl (C=O) groups is 2. The van der Waals surface area contributed by atoms with E-state index in [1.807, 2.05) is 6.07 Å². The number of aromatic nitrogens is 2. The molecule has 1 aliphatic heterocycles. The summed E-state index contributed by atoms with van der Waals surface area (Å²) in [6.07, 6.45) is 6.90. The predicted octanol–water partition coefficient (Wildman–Crippen LogP) is 1.25. The number of hydrogen-bond donors (Lipinski definition) is 4. The first-order valence-corrected chi connectivity index (χ1v) is 13.9. The van der Waals surface area contributed by atoms with Crippen LogP contribution in [0.3, 0.4) is 0 Å². The second-order valence-corrected chi connectivity index (χ2v) is 11.8. The van der Waals surface area contributed by atoms with E-state index in [1.165, 1.54) is 15.7 Å². The van der Waals surface area contributed by atoms with E-state index in [-0.39, 0.29) is 30.2 Å². The number of benzene rings is 1. The van der Waals surface area contributed by atoms with Crippen LogP contribution < -0.4 is 27.8 Å². The zero-order valence-corrected chi connectivity index (χ0v) is 24.1. The van der Waals surface area contributed by atoms with E-state index in [0.717, 1.165) is 44.3 Å². The highest BCUT2D eigenvalue weighted by molar-refractivity contribution is 5.89. The third-order valence-corrected chi connectivity index (χ3v) is 8.11. The lowest BCUT2D eigenvalue weighted by molar-refractivity contribution is -0.137. The molecule has 1 saturated carbocycles. The molecule has 0 bridgehead atoms. The van der Waals surface area contributed by atoms with Crippen LogP contribution in [0.15, 0.2) is 35.3 Å². The Morgan fingerprint density at radius 2 is 1.77 bits per heavy atom. The van der Waals surface area contributed by atoms with Gasteiger partial charge in [0.1, 0.15) is 5.82 Å². The second kappa shape index (κ2) is 12.3. The molecule has 2 aliphatic carbocycles. The number of fused-ring (bicyclic) bond motifs is 1. The molecular formula is C28H41ClN8O3. The maximum atomic E-state index is 12.8. The van der Waals surface area contributed by atoms with Gasteiger partial charge in [-0.15, -0.1) is 12.4 Å². The Bertz CT molecular complexity index is 1280. The van der Waals surface area contributed by atoms with Crippen molar-refractivity contribution in [2.45, 2.75) is 63.6 Å². The maximum absolute atomic E-state index is 12.8. The van der Waals surface area contributed by atoms with Gasteiger partial charge in [-0.25, -0.2) is 9.59 Å². The van der Waals surface area contributed by atoms with E-state index in [4.69, 9.17) is 11.5 Å². The van der Waals surface area contributed by atoms with Crippen LogP contribution in [0.1, 0.15) is 44.2 Å². The van der Waals surface area contributed by atoms with Gasteiger partial charge >= 0.3 is 11.7 Å². The molecule has 40 heavy (non-hydrogen) atoms. The number of urea groups is 1. The molecule has 12 heteroatoms. The van der Waals surface area contributed by atoms with Crippen LogP contribution >= 0.6 is 12.4 Å². The molecule has 0 spiro atoms. The molecule has 2 fully saturated rings. The molecule has 1 atom stereocenters. The number of piperazine rings is 1. The summed E-state index contributed by atoms with van der Waals surface area (Å²) in [7, 11) is 0. The van der Waals surface area contributed by atoms with Gasteiger partial charge in [0, 0.05) is 44.5 Å². The minimum atomic E-state index is -0.944. The van der Waals surface area contributed by atoms with E-state index in [2.05, 4.69) is 27.8 Å². The number of hydrogen-bond acceptors (Lipinski definition) is 7. The van der Waals surface area contributed by atoms with Crippen molar-refractivity contribution in [1.29, 1.82) is 0 Å². The molecule has 1 aromatic carbocycles. The van der Waals surface area contributed by atoms with Crippen molar-refractivity contribution in [2.75, 3.05) is 38.0 Å². The fraction of sp³-hybridized carbons (Fsp3) is 0.571. The Hall–Kier alpha value is -2.99. The lowest BCUT2D eigenvalue weighted by Crippen LogP contribution is -2.58. The summed E-state index contributed by atoms with van der Waals surface area (Å²) in [5, 5.41) is 6.43. The molecular weight excluding hydrogens is 532 g/mol. The van der Waals surface area contributed by atoms with Gasteiger partial charge in [0.25, 0.3) is 0 Å². The molecule has 218 valence electrons. The Balaban J connectivity index is 0.00000370. The first-order chi connectivity index (χ1) is 18.6. The third kappa shape index (κ3) is 6.83. The van der Waals surface area contributed by atoms with E-state index < -0.39 is 11.2 Å². The van der Waals surface area contributed by atoms with Gasteiger partial charge in [-0.2, -0.15) is 4.98 Å². The Labute approximate surface area is 241 Å². The molecule has 6 N–H and O–H groups in total. The van der Waals surface area contributed by atoms with Crippen LogP contribution in [-0.4, -0.2) is 81.6 Å². The maximum Gasteiger partial charge on any atom is 0.354 e. The smallest absolute Gasteiger partial charge is 0.338 e. The van der Waals surface area contributed by atoms with Crippen molar-refractivity contribution in [3.05, 3.63) is 52.1 Å². The Morgan fingerprint density at radius 3 is 2.42 bits per heavy atom. The van der Waals surface area contributed by atoms with Gasteiger partial charge in [-0.1, -0.05) is 6.07 Å². The number of nitrogens with one attached hydrogen (secondary N) is 2. The van der Waals surface area contributed by atoms with Gasteiger partial charge in [-0.05, 0) is 87.7 Å². The summed E-state index contributed by atoms with van der Waals surface area (Å²) in [6, 6.07) is 8.27.